The molecule has 0 unspecified atom stereocenters. The Morgan fingerprint density at radius 3 is 2.80 bits per heavy atom. The molecular weight excluding hydrogens is 256 g/mol. The predicted octanol–water partition coefficient (Wildman–Crippen LogP) is 2.26. The van der Waals surface area contributed by atoms with Gasteiger partial charge in [0, 0.05) is 12.2 Å². The van der Waals surface area contributed by atoms with E-state index in [0.717, 1.165) is 12.8 Å². The van der Waals surface area contributed by atoms with Gasteiger partial charge in [-0.1, -0.05) is 12.0 Å². The highest BCUT2D eigenvalue weighted by molar-refractivity contribution is 5.93. The molecule has 1 fully saturated rings. The lowest BCUT2D eigenvalue weighted by atomic mass is 10.2. The minimum atomic E-state index is -1.03. The van der Waals surface area contributed by atoms with E-state index in [-0.39, 0.29) is 18.1 Å². The number of hydrogen-bond acceptors (Lipinski definition) is 2. The fourth-order valence-electron chi connectivity index (χ4n) is 1.87. The van der Waals surface area contributed by atoms with Crippen LogP contribution in [-0.2, 0) is 0 Å². The van der Waals surface area contributed by atoms with Crippen molar-refractivity contribution >= 4 is 17.7 Å². The Morgan fingerprint density at radius 2 is 2.20 bits per heavy atom. The summed E-state index contributed by atoms with van der Waals surface area (Å²) in [5, 5.41) is 11.6. The fourth-order valence-corrected chi connectivity index (χ4v) is 1.87. The van der Waals surface area contributed by atoms with Gasteiger partial charge >= 0.3 is 12.0 Å². The van der Waals surface area contributed by atoms with E-state index >= 15 is 0 Å². The van der Waals surface area contributed by atoms with Crippen LogP contribution in [-0.4, -0.2) is 35.1 Å². The first-order valence-corrected chi connectivity index (χ1v) is 6.43. The highest BCUT2D eigenvalue weighted by Crippen LogP contribution is 2.29. The third-order valence-electron chi connectivity index (χ3n) is 3.11. The number of aromatic carboxylic acids is 1. The van der Waals surface area contributed by atoms with Crippen LogP contribution in [0.3, 0.4) is 0 Å². The lowest BCUT2D eigenvalue weighted by Gasteiger charge is -2.20. The molecule has 2 rings (SSSR count). The van der Waals surface area contributed by atoms with Crippen molar-refractivity contribution in [1.82, 2.24) is 4.90 Å². The fraction of sp³-hybridized carbons (Fsp3) is 0.333. The standard InChI is InChI=1S/C15H16N2O3/c1-2-8-17(10-11-6-7-11)15(20)16-13-5-3-4-12(9-13)14(18)19/h1,3-5,9,11H,6-8,10H2,(H,16,20)(H,18,19). The van der Waals surface area contributed by atoms with E-state index in [1.54, 1.807) is 17.0 Å². The molecule has 20 heavy (non-hydrogen) atoms. The molecule has 0 bridgehead atoms. The van der Waals surface area contributed by atoms with Gasteiger partial charge in [0.1, 0.15) is 0 Å². The lowest BCUT2D eigenvalue weighted by Crippen LogP contribution is -2.36. The maximum atomic E-state index is 12.1. The molecule has 2 N–H and O–H groups in total. The van der Waals surface area contributed by atoms with Gasteiger partial charge in [-0.2, -0.15) is 0 Å². The zero-order valence-corrected chi connectivity index (χ0v) is 11.0. The second kappa shape index (κ2) is 6.11. The Labute approximate surface area is 117 Å². The number of urea groups is 1. The lowest BCUT2D eigenvalue weighted by molar-refractivity contribution is 0.0697. The molecule has 0 radical (unpaired) electrons. The topological polar surface area (TPSA) is 69.6 Å². The molecule has 1 aliphatic rings. The predicted molar refractivity (Wildman–Crippen MR) is 75.6 cm³/mol. The van der Waals surface area contributed by atoms with Gasteiger partial charge in [-0.05, 0) is 37.0 Å². The third kappa shape index (κ3) is 3.75. The number of carboxylic acids is 1. The minimum absolute atomic E-state index is 0.133. The van der Waals surface area contributed by atoms with Crippen LogP contribution in [0.5, 0.6) is 0 Å². The average Bonchev–Trinajstić information content (AvgIpc) is 3.22. The van der Waals surface area contributed by atoms with Gasteiger partial charge in [-0.25, -0.2) is 9.59 Å². The van der Waals surface area contributed by atoms with Crippen molar-refractivity contribution in [2.24, 2.45) is 5.92 Å². The van der Waals surface area contributed by atoms with Crippen LogP contribution in [0.1, 0.15) is 23.2 Å². The molecule has 1 aromatic rings. The number of amides is 2. The number of rotatable bonds is 5. The molecule has 5 nitrogen and oxygen atoms in total. The molecular formula is C15H16N2O3. The zero-order chi connectivity index (χ0) is 14.5. The Hall–Kier alpha value is -2.48. The van der Waals surface area contributed by atoms with E-state index in [2.05, 4.69) is 11.2 Å². The maximum Gasteiger partial charge on any atom is 0.335 e. The molecule has 1 aromatic carbocycles. The van der Waals surface area contributed by atoms with Crippen molar-refractivity contribution in [2.45, 2.75) is 12.8 Å². The Bertz CT molecular complexity index is 558. The highest BCUT2D eigenvalue weighted by Gasteiger charge is 2.26. The molecule has 1 aliphatic carbocycles. The van der Waals surface area contributed by atoms with Crippen LogP contribution in [0.25, 0.3) is 0 Å². The number of carboxylic acid groups (broad SMARTS) is 1. The Morgan fingerprint density at radius 1 is 1.45 bits per heavy atom. The van der Waals surface area contributed by atoms with Gasteiger partial charge in [-0.15, -0.1) is 6.42 Å². The summed E-state index contributed by atoms with van der Waals surface area (Å²) in [5.74, 6) is 1.98. The summed E-state index contributed by atoms with van der Waals surface area (Å²) in [5.41, 5.74) is 0.584. The summed E-state index contributed by atoms with van der Waals surface area (Å²) < 4.78 is 0. The van der Waals surface area contributed by atoms with Crippen LogP contribution in [0.2, 0.25) is 0 Å². The summed E-state index contributed by atoms with van der Waals surface area (Å²) in [6, 6.07) is 5.84. The van der Waals surface area contributed by atoms with E-state index in [1.165, 1.54) is 12.1 Å². The summed E-state index contributed by atoms with van der Waals surface area (Å²) in [7, 11) is 0. The molecule has 0 spiro atoms. The van der Waals surface area contributed by atoms with Crippen LogP contribution in [0.4, 0.5) is 10.5 Å². The first-order valence-electron chi connectivity index (χ1n) is 6.43. The molecule has 0 aliphatic heterocycles. The van der Waals surface area contributed by atoms with Crippen molar-refractivity contribution in [2.75, 3.05) is 18.4 Å². The maximum absolute atomic E-state index is 12.1. The first kappa shape index (κ1) is 13.9. The van der Waals surface area contributed by atoms with Gasteiger partial charge in [-0.3, -0.25) is 0 Å². The van der Waals surface area contributed by atoms with Crippen molar-refractivity contribution < 1.29 is 14.7 Å². The van der Waals surface area contributed by atoms with E-state index in [4.69, 9.17) is 11.5 Å². The zero-order valence-electron chi connectivity index (χ0n) is 11.0. The second-order valence-corrected chi connectivity index (χ2v) is 4.84. The number of anilines is 1. The van der Waals surface area contributed by atoms with Gasteiger partial charge in [0.25, 0.3) is 0 Å². The van der Waals surface area contributed by atoms with Crippen molar-refractivity contribution in [3.63, 3.8) is 0 Å². The Kier molecular flexibility index (Phi) is 4.26. The summed E-state index contributed by atoms with van der Waals surface area (Å²) >= 11 is 0. The number of benzene rings is 1. The van der Waals surface area contributed by atoms with Gasteiger partial charge in [0.15, 0.2) is 0 Å². The monoisotopic (exact) mass is 272 g/mol. The van der Waals surface area contributed by atoms with E-state index in [1.807, 2.05) is 0 Å². The number of terminal acetylenes is 1. The molecule has 1 saturated carbocycles. The SMILES string of the molecule is C#CCN(CC1CC1)C(=O)Nc1cccc(C(=O)O)c1. The van der Waals surface area contributed by atoms with E-state index in [9.17, 15) is 9.59 Å². The normalized spacial score (nSPS) is 13.3. The van der Waals surface area contributed by atoms with Gasteiger partial charge < -0.3 is 15.3 Å². The molecule has 5 heteroatoms. The summed E-state index contributed by atoms with van der Waals surface area (Å²) in [4.78, 5) is 24.6. The largest absolute Gasteiger partial charge is 0.478 e. The third-order valence-corrected chi connectivity index (χ3v) is 3.11. The first-order chi connectivity index (χ1) is 9.60. The number of hydrogen-bond donors (Lipinski definition) is 2. The number of carbonyl (C=O) groups excluding carboxylic acids is 1. The number of carbonyl (C=O) groups is 2. The number of nitrogens with zero attached hydrogens (tertiary/aromatic N) is 1. The van der Waals surface area contributed by atoms with Crippen LogP contribution < -0.4 is 5.32 Å². The van der Waals surface area contributed by atoms with Crippen LogP contribution in [0, 0.1) is 18.3 Å². The Balaban J connectivity index is 2.03. The van der Waals surface area contributed by atoms with Crippen LogP contribution in [0.15, 0.2) is 24.3 Å². The minimum Gasteiger partial charge on any atom is -0.478 e. The molecule has 104 valence electrons. The summed E-state index contributed by atoms with van der Waals surface area (Å²) in [6.07, 6.45) is 7.53. The highest BCUT2D eigenvalue weighted by atomic mass is 16.4. The smallest absolute Gasteiger partial charge is 0.335 e. The van der Waals surface area contributed by atoms with E-state index in [0.29, 0.717) is 18.2 Å². The van der Waals surface area contributed by atoms with Crippen molar-refractivity contribution in [1.29, 1.82) is 0 Å². The summed E-state index contributed by atoms with van der Waals surface area (Å²) in [6.45, 7) is 0.898. The average molecular weight is 272 g/mol. The van der Waals surface area contributed by atoms with Gasteiger partial charge in [0.2, 0.25) is 0 Å². The molecule has 0 saturated heterocycles. The van der Waals surface area contributed by atoms with Crippen molar-refractivity contribution in [3.8, 4) is 12.3 Å². The molecule has 0 heterocycles. The molecule has 2 amide bonds. The molecule has 0 aromatic heterocycles. The van der Waals surface area contributed by atoms with E-state index < -0.39 is 5.97 Å². The van der Waals surface area contributed by atoms with Crippen molar-refractivity contribution in [3.05, 3.63) is 29.8 Å². The second-order valence-electron chi connectivity index (χ2n) is 4.84. The molecule has 0 atom stereocenters. The van der Waals surface area contributed by atoms with Crippen LogP contribution >= 0.6 is 0 Å². The quantitative estimate of drug-likeness (QED) is 0.808. The number of nitrogens with one attached hydrogen (secondary N) is 1. The van der Waals surface area contributed by atoms with Gasteiger partial charge in [0.05, 0.1) is 12.1 Å².